The largest absolute Gasteiger partial charge is 0.435 e. The van der Waals surface area contributed by atoms with Gasteiger partial charge in [0.1, 0.15) is 6.04 Å². The molecule has 0 aliphatic carbocycles. The van der Waals surface area contributed by atoms with E-state index in [4.69, 9.17) is 4.74 Å². The molecule has 156 valence electrons. The van der Waals surface area contributed by atoms with Gasteiger partial charge in [0.05, 0.1) is 0 Å². The SMILES string of the molecule is CCCCCCCCCCCCCCCCC(C(=O)OC(C)O)N(C)C. The van der Waals surface area contributed by atoms with Crippen LogP contribution in [0.15, 0.2) is 0 Å². The van der Waals surface area contributed by atoms with Crippen molar-refractivity contribution in [1.29, 1.82) is 0 Å². The Morgan fingerprint density at radius 1 is 0.808 bits per heavy atom. The average molecular weight is 372 g/mol. The average Bonchev–Trinajstić information content (AvgIpc) is 2.57. The Labute approximate surface area is 162 Å². The summed E-state index contributed by atoms with van der Waals surface area (Å²) < 4.78 is 4.92. The van der Waals surface area contributed by atoms with Crippen LogP contribution in [0, 0.1) is 0 Å². The predicted octanol–water partition coefficient (Wildman–Crippen LogP) is 5.67. The molecule has 0 saturated carbocycles. The van der Waals surface area contributed by atoms with Gasteiger partial charge in [0.15, 0.2) is 6.29 Å². The zero-order valence-corrected chi connectivity index (χ0v) is 18.0. The molecule has 2 unspecified atom stereocenters. The molecule has 0 aromatic carbocycles. The van der Waals surface area contributed by atoms with Gasteiger partial charge in [-0.2, -0.15) is 0 Å². The Hall–Kier alpha value is -0.610. The molecule has 0 aromatic rings. The molecule has 0 rings (SSSR count). The molecular formula is C22H45NO3. The highest BCUT2D eigenvalue weighted by molar-refractivity contribution is 5.75. The van der Waals surface area contributed by atoms with Crippen molar-refractivity contribution in [2.45, 2.75) is 122 Å². The number of likely N-dealkylation sites (N-methyl/N-ethyl adjacent to an activating group) is 1. The molecular weight excluding hydrogens is 326 g/mol. The highest BCUT2D eigenvalue weighted by Gasteiger charge is 2.22. The van der Waals surface area contributed by atoms with E-state index in [1.807, 2.05) is 19.0 Å². The number of nitrogens with zero attached hydrogens (tertiary/aromatic N) is 1. The lowest BCUT2D eigenvalue weighted by atomic mass is 10.0. The lowest BCUT2D eigenvalue weighted by Gasteiger charge is -2.23. The minimum Gasteiger partial charge on any atom is -0.435 e. The standard InChI is InChI=1S/C22H45NO3/c1-5-6-7-8-9-10-11-12-13-14-15-16-17-18-19-21(23(3)4)22(25)26-20(2)24/h20-21,24H,5-19H2,1-4H3. The lowest BCUT2D eigenvalue weighted by molar-refractivity contribution is -0.170. The number of carbonyl (C=O) groups excluding carboxylic acids is 1. The maximum Gasteiger partial charge on any atom is 0.325 e. The van der Waals surface area contributed by atoms with Crippen molar-refractivity contribution in [1.82, 2.24) is 4.90 Å². The fourth-order valence-corrected chi connectivity index (χ4v) is 3.37. The maximum absolute atomic E-state index is 11.9. The van der Waals surface area contributed by atoms with Crippen LogP contribution in [0.2, 0.25) is 0 Å². The van der Waals surface area contributed by atoms with Crippen LogP contribution < -0.4 is 0 Å². The molecule has 0 aliphatic heterocycles. The minimum atomic E-state index is -1.03. The summed E-state index contributed by atoms with van der Waals surface area (Å²) in [5.41, 5.74) is 0. The first kappa shape index (κ1) is 25.4. The summed E-state index contributed by atoms with van der Waals surface area (Å²) in [6.45, 7) is 3.74. The number of aliphatic hydroxyl groups excluding tert-OH is 1. The molecule has 0 fully saturated rings. The molecule has 0 saturated heterocycles. The van der Waals surface area contributed by atoms with Gasteiger partial charge in [-0.15, -0.1) is 0 Å². The second-order valence-corrected chi connectivity index (χ2v) is 7.90. The molecule has 0 aromatic heterocycles. The Morgan fingerprint density at radius 3 is 1.54 bits per heavy atom. The molecule has 4 heteroatoms. The smallest absolute Gasteiger partial charge is 0.325 e. The first-order valence-corrected chi connectivity index (χ1v) is 11.0. The van der Waals surface area contributed by atoms with Gasteiger partial charge in [0.25, 0.3) is 0 Å². The summed E-state index contributed by atoms with van der Waals surface area (Å²) in [6, 6.07) is -0.248. The summed E-state index contributed by atoms with van der Waals surface area (Å²) in [5.74, 6) is -0.320. The van der Waals surface area contributed by atoms with Crippen LogP contribution in [-0.2, 0) is 9.53 Å². The molecule has 0 radical (unpaired) electrons. The topological polar surface area (TPSA) is 49.8 Å². The quantitative estimate of drug-likeness (QED) is 0.192. The third-order valence-electron chi connectivity index (χ3n) is 5.01. The maximum atomic E-state index is 11.9. The van der Waals surface area contributed by atoms with E-state index in [1.54, 1.807) is 0 Å². The summed E-state index contributed by atoms with van der Waals surface area (Å²) in [7, 11) is 3.77. The Bertz CT molecular complexity index is 319. The summed E-state index contributed by atoms with van der Waals surface area (Å²) in [5, 5.41) is 9.19. The molecule has 0 amide bonds. The summed E-state index contributed by atoms with van der Waals surface area (Å²) in [6.07, 6.45) is 18.5. The molecule has 26 heavy (non-hydrogen) atoms. The summed E-state index contributed by atoms with van der Waals surface area (Å²) in [4.78, 5) is 13.8. The second kappa shape index (κ2) is 17.8. The molecule has 4 nitrogen and oxygen atoms in total. The number of esters is 1. The molecule has 0 heterocycles. The number of rotatable bonds is 18. The van der Waals surface area contributed by atoms with Gasteiger partial charge in [0.2, 0.25) is 0 Å². The number of carbonyl (C=O) groups is 1. The monoisotopic (exact) mass is 371 g/mol. The van der Waals surface area contributed by atoms with E-state index in [0.29, 0.717) is 0 Å². The van der Waals surface area contributed by atoms with E-state index in [9.17, 15) is 9.90 Å². The highest BCUT2D eigenvalue weighted by Crippen LogP contribution is 2.15. The number of unbranched alkanes of at least 4 members (excludes halogenated alkanes) is 13. The van der Waals surface area contributed by atoms with Crippen LogP contribution in [0.4, 0.5) is 0 Å². The van der Waals surface area contributed by atoms with Crippen molar-refractivity contribution in [2.24, 2.45) is 0 Å². The van der Waals surface area contributed by atoms with Gasteiger partial charge < -0.3 is 9.84 Å². The highest BCUT2D eigenvalue weighted by atomic mass is 16.6. The van der Waals surface area contributed by atoms with Crippen LogP contribution in [0.3, 0.4) is 0 Å². The van der Waals surface area contributed by atoms with Crippen LogP contribution in [-0.4, -0.2) is 42.4 Å². The molecule has 2 atom stereocenters. The molecule has 1 N–H and O–H groups in total. The van der Waals surface area contributed by atoms with Gasteiger partial charge in [-0.05, 0) is 27.4 Å². The molecule has 0 aliphatic rings. The first-order valence-electron chi connectivity index (χ1n) is 11.0. The number of ether oxygens (including phenoxy) is 1. The van der Waals surface area contributed by atoms with Crippen LogP contribution in [0.1, 0.15) is 110 Å². The predicted molar refractivity (Wildman–Crippen MR) is 110 cm³/mol. The van der Waals surface area contributed by atoms with Gasteiger partial charge in [-0.25, -0.2) is 0 Å². The van der Waals surface area contributed by atoms with E-state index in [1.165, 1.54) is 90.4 Å². The summed E-state index contributed by atoms with van der Waals surface area (Å²) >= 11 is 0. The Kier molecular flexibility index (Phi) is 17.4. The number of aliphatic hydroxyl groups is 1. The number of hydrogen-bond acceptors (Lipinski definition) is 4. The van der Waals surface area contributed by atoms with E-state index < -0.39 is 6.29 Å². The van der Waals surface area contributed by atoms with Crippen molar-refractivity contribution in [3.8, 4) is 0 Å². The minimum absolute atomic E-state index is 0.248. The van der Waals surface area contributed by atoms with Crippen molar-refractivity contribution >= 4 is 5.97 Å². The van der Waals surface area contributed by atoms with Crippen LogP contribution in [0.25, 0.3) is 0 Å². The fourth-order valence-electron chi connectivity index (χ4n) is 3.37. The van der Waals surface area contributed by atoms with E-state index in [2.05, 4.69) is 6.92 Å². The lowest BCUT2D eigenvalue weighted by Crippen LogP contribution is -2.38. The Balaban J connectivity index is 3.47. The van der Waals surface area contributed by atoms with Crippen molar-refractivity contribution in [3.05, 3.63) is 0 Å². The van der Waals surface area contributed by atoms with Crippen molar-refractivity contribution in [2.75, 3.05) is 14.1 Å². The number of hydrogen-bond donors (Lipinski definition) is 1. The van der Waals surface area contributed by atoms with E-state index in [0.717, 1.165) is 12.8 Å². The van der Waals surface area contributed by atoms with E-state index >= 15 is 0 Å². The zero-order chi connectivity index (χ0) is 19.6. The third-order valence-corrected chi connectivity index (χ3v) is 5.01. The van der Waals surface area contributed by atoms with Crippen LogP contribution in [0.5, 0.6) is 0 Å². The van der Waals surface area contributed by atoms with Gasteiger partial charge in [-0.1, -0.05) is 96.8 Å². The third kappa shape index (κ3) is 15.6. The van der Waals surface area contributed by atoms with Gasteiger partial charge in [-0.3, -0.25) is 9.69 Å². The normalized spacial score (nSPS) is 13.8. The molecule has 0 spiro atoms. The van der Waals surface area contributed by atoms with Crippen LogP contribution >= 0.6 is 0 Å². The van der Waals surface area contributed by atoms with Crippen molar-refractivity contribution in [3.63, 3.8) is 0 Å². The van der Waals surface area contributed by atoms with Gasteiger partial charge >= 0.3 is 5.97 Å². The first-order chi connectivity index (χ1) is 12.5. The molecule has 0 bridgehead atoms. The second-order valence-electron chi connectivity index (χ2n) is 7.90. The zero-order valence-electron chi connectivity index (χ0n) is 18.0. The Morgan fingerprint density at radius 2 is 1.19 bits per heavy atom. The fraction of sp³-hybridized carbons (Fsp3) is 0.955. The van der Waals surface area contributed by atoms with Gasteiger partial charge in [0, 0.05) is 0 Å². The van der Waals surface area contributed by atoms with E-state index in [-0.39, 0.29) is 12.0 Å². The van der Waals surface area contributed by atoms with Crippen molar-refractivity contribution < 1.29 is 14.6 Å².